The van der Waals surface area contributed by atoms with E-state index >= 15 is 0 Å². The Hall–Kier alpha value is -0.294. The third-order valence-electron chi connectivity index (χ3n) is 8.94. The van der Waals surface area contributed by atoms with Crippen LogP contribution >= 0.6 is 0 Å². The van der Waals surface area contributed by atoms with E-state index in [4.69, 9.17) is 0 Å². The average molecular weight is 383 g/mol. The maximum atomic E-state index is 11.1. The van der Waals surface area contributed by atoms with Crippen LogP contribution in [0.3, 0.4) is 0 Å². The van der Waals surface area contributed by atoms with Gasteiger partial charge in [-0.15, -0.1) is 0 Å². The molecule has 8 aliphatic rings. The van der Waals surface area contributed by atoms with Gasteiger partial charge in [-0.25, -0.2) is 0 Å². The van der Waals surface area contributed by atoms with Gasteiger partial charge in [0.1, 0.15) is 0 Å². The Labute approximate surface area is 178 Å². The van der Waals surface area contributed by atoms with E-state index in [1.54, 1.807) is 0 Å². The fourth-order valence-corrected chi connectivity index (χ4v) is 8.72. The van der Waals surface area contributed by atoms with Gasteiger partial charge in [-0.2, -0.15) is 0 Å². The second kappa shape index (κ2) is 6.89. The quantitative estimate of drug-likeness (QED) is 0.678. The Bertz CT molecular complexity index is 503. The van der Waals surface area contributed by atoms with Crippen molar-refractivity contribution in [3.8, 4) is 0 Å². The molecule has 0 spiro atoms. The number of carboxylic acid groups (broad SMARTS) is 2. The summed E-state index contributed by atoms with van der Waals surface area (Å²) in [6.07, 6.45) is 13.3. The Kier molecular flexibility index (Phi) is 5.11. The molecule has 4 nitrogen and oxygen atoms in total. The monoisotopic (exact) mass is 382 g/mol. The predicted octanol–water partition coefficient (Wildman–Crippen LogP) is 1.52. The van der Waals surface area contributed by atoms with Gasteiger partial charge < -0.3 is 19.8 Å². The van der Waals surface area contributed by atoms with E-state index in [0.717, 1.165) is 38.5 Å². The fourth-order valence-electron chi connectivity index (χ4n) is 8.72. The molecule has 0 radical (unpaired) electrons. The molecular weight excluding hydrogens is 353 g/mol. The second-order valence-corrected chi connectivity index (χ2v) is 11.0. The summed E-state index contributed by atoms with van der Waals surface area (Å²) in [4.78, 5) is 22.3. The Morgan fingerprint density at radius 3 is 0.852 bits per heavy atom. The molecule has 0 atom stereocenters. The summed E-state index contributed by atoms with van der Waals surface area (Å²) in [6, 6.07) is 0. The molecule has 27 heavy (non-hydrogen) atoms. The molecule has 8 aliphatic carbocycles. The average Bonchev–Trinajstić information content (AvgIpc) is 2.52. The molecule has 0 aliphatic heterocycles. The number of aliphatic carboxylic acids is 2. The molecule has 0 aromatic heterocycles. The molecule has 0 N–H and O–H groups in total. The summed E-state index contributed by atoms with van der Waals surface area (Å²) in [7, 11) is 0. The summed E-state index contributed by atoms with van der Waals surface area (Å²) in [5, 5.41) is 22.3. The van der Waals surface area contributed by atoms with Gasteiger partial charge in [-0.05, 0) is 113 Å². The van der Waals surface area contributed by atoms with Crippen molar-refractivity contribution in [2.45, 2.75) is 77.0 Å². The predicted molar refractivity (Wildman–Crippen MR) is 97.0 cm³/mol. The van der Waals surface area contributed by atoms with Crippen LogP contribution in [-0.2, 0) is 9.59 Å². The zero-order valence-corrected chi connectivity index (χ0v) is 17.7. The standard InChI is InChI=1S/2C11H16O2.Mg/c2*12-10(13)11-4-7-1-8(5-11)3-9(2-7)6-11;/h2*7-9H,1-6H2,(H,12,13);/q;;+2/p-2. The first kappa shape index (κ1) is 20.0. The van der Waals surface area contributed by atoms with Gasteiger partial charge in [0.05, 0.1) is 0 Å². The third-order valence-corrected chi connectivity index (χ3v) is 8.94. The van der Waals surface area contributed by atoms with E-state index in [-0.39, 0.29) is 23.1 Å². The van der Waals surface area contributed by atoms with Crippen LogP contribution in [0.5, 0.6) is 0 Å². The minimum Gasteiger partial charge on any atom is -0.550 e. The molecule has 0 saturated heterocycles. The molecule has 0 unspecified atom stereocenters. The third kappa shape index (κ3) is 3.35. The van der Waals surface area contributed by atoms with Crippen molar-refractivity contribution in [1.82, 2.24) is 0 Å². The van der Waals surface area contributed by atoms with Crippen LogP contribution in [0.4, 0.5) is 0 Å². The molecule has 8 saturated carbocycles. The maximum absolute atomic E-state index is 11.1. The number of carbonyl (C=O) groups excluding carboxylic acids is 2. The van der Waals surface area contributed by atoms with Gasteiger partial charge in [0.25, 0.3) is 0 Å². The molecule has 8 fully saturated rings. The molecule has 0 aromatic rings. The number of rotatable bonds is 2. The molecule has 0 heterocycles. The van der Waals surface area contributed by atoms with Gasteiger partial charge in [0.15, 0.2) is 0 Å². The van der Waals surface area contributed by atoms with Gasteiger partial charge >= 0.3 is 23.1 Å². The Morgan fingerprint density at radius 2 is 0.704 bits per heavy atom. The molecule has 8 bridgehead atoms. The van der Waals surface area contributed by atoms with Crippen LogP contribution in [0.25, 0.3) is 0 Å². The second-order valence-electron chi connectivity index (χ2n) is 11.0. The molecule has 5 heteroatoms. The molecule has 0 amide bonds. The van der Waals surface area contributed by atoms with E-state index in [9.17, 15) is 19.8 Å². The summed E-state index contributed by atoms with van der Waals surface area (Å²) < 4.78 is 0. The molecule has 8 rings (SSSR count). The first-order valence-electron chi connectivity index (χ1n) is 10.8. The normalized spacial score (nSPS) is 50.5. The number of hydrogen-bond acceptors (Lipinski definition) is 4. The molecule has 144 valence electrons. The van der Waals surface area contributed by atoms with Crippen molar-refractivity contribution in [2.24, 2.45) is 46.3 Å². The number of carboxylic acids is 2. The van der Waals surface area contributed by atoms with E-state index in [2.05, 4.69) is 0 Å². The van der Waals surface area contributed by atoms with Crippen LogP contribution in [0, 0.1) is 46.3 Å². The first-order valence-corrected chi connectivity index (χ1v) is 10.8. The van der Waals surface area contributed by atoms with Crippen molar-refractivity contribution in [1.29, 1.82) is 0 Å². The van der Waals surface area contributed by atoms with E-state index in [1.165, 1.54) is 38.5 Å². The van der Waals surface area contributed by atoms with Crippen LogP contribution in [-0.4, -0.2) is 35.0 Å². The number of carbonyl (C=O) groups is 2. The summed E-state index contributed by atoms with van der Waals surface area (Å²) >= 11 is 0. The van der Waals surface area contributed by atoms with Gasteiger partial charge in [-0.1, -0.05) is 0 Å². The topological polar surface area (TPSA) is 80.3 Å². The van der Waals surface area contributed by atoms with Crippen molar-refractivity contribution in [3.05, 3.63) is 0 Å². The molecular formula is C22H30MgO4. The fraction of sp³-hybridized carbons (Fsp3) is 0.909. The zero-order chi connectivity index (χ0) is 18.1. The van der Waals surface area contributed by atoms with Gasteiger partial charge in [0.2, 0.25) is 0 Å². The first-order chi connectivity index (χ1) is 12.4. The smallest absolute Gasteiger partial charge is 0.550 e. The van der Waals surface area contributed by atoms with E-state index in [1.807, 2.05) is 0 Å². The van der Waals surface area contributed by atoms with Crippen LogP contribution in [0.2, 0.25) is 0 Å². The minimum atomic E-state index is -0.758. The number of hydrogen-bond donors (Lipinski definition) is 0. The van der Waals surface area contributed by atoms with Crippen molar-refractivity contribution in [3.63, 3.8) is 0 Å². The summed E-state index contributed by atoms with van der Waals surface area (Å²) in [5.41, 5.74) is -0.788. The van der Waals surface area contributed by atoms with Crippen LogP contribution in [0.15, 0.2) is 0 Å². The van der Waals surface area contributed by atoms with Crippen molar-refractivity contribution in [2.75, 3.05) is 0 Å². The maximum Gasteiger partial charge on any atom is 2.00 e. The van der Waals surface area contributed by atoms with Crippen molar-refractivity contribution < 1.29 is 19.8 Å². The minimum absolute atomic E-state index is 0. The van der Waals surface area contributed by atoms with E-state index in [0.29, 0.717) is 35.5 Å². The van der Waals surface area contributed by atoms with Gasteiger partial charge in [-0.3, -0.25) is 0 Å². The van der Waals surface area contributed by atoms with Crippen LogP contribution in [0.1, 0.15) is 77.0 Å². The molecule has 0 aromatic carbocycles. The zero-order valence-electron chi connectivity index (χ0n) is 16.3. The SMILES string of the molecule is O=C([O-])C12CC3CC(CC(C3)C1)C2.O=C([O-])C12CC3CC(CC(C3)C1)C2.[Mg+2]. The Balaban J connectivity index is 0.000000129. The summed E-state index contributed by atoms with van der Waals surface area (Å²) in [5.74, 6) is 2.76. The van der Waals surface area contributed by atoms with Crippen LogP contribution < -0.4 is 10.2 Å². The van der Waals surface area contributed by atoms with Crippen molar-refractivity contribution >= 4 is 35.0 Å². The summed E-state index contributed by atoms with van der Waals surface area (Å²) in [6.45, 7) is 0. The van der Waals surface area contributed by atoms with E-state index < -0.39 is 22.8 Å². The Morgan fingerprint density at radius 1 is 0.519 bits per heavy atom. The van der Waals surface area contributed by atoms with Gasteiger partial charge in [0, 0.05) is 22.8 Å². The largest absolute Gasteiger partial charge is 2.00 e.